The summed E-state index contributed by atoms with van der Waals surface area (Å²) in [7, 11) is 2.90. The van der Waals surface area contributed by atoms with Crippen LogP contribution in [0.25, 0.3) is 0 Å². The van der Waals surface area contributed by atoms with Crippen LogP contribution >= 0.6 is 11.3 Å². The lowest BCUT2D eigenvalue weighted by Crippen LogP contribution is -2.19. The first-order valence-corrected chi connectivity index (χ1v) is 6.17. The molecular formula is C11H12N4O3S. The Morgan fingerprint density at radius 3 is 2.79 bits per heavy atom. The van der Waals surface area contributed by atoms with Gasteiger partial charge in [0.15, 0.2) is 0 Å². The summed E-state index contributed by atoms with van der Waals surface area (Å²) in [4.78, 5) is 19.6. The van der Waals surface area contributed by atoms with Gasteiger partial charge in [0.05, 0.1) is 25.4 Å². The van der Waals surface area contributed by atoms with Gasteiger partial charge in [0.1, 0.15) is 5.69 Å². The van der Waals surface area contributed by atoms with E-state index in [9.17, 15) is 4.79 Å². The number of hydrogen-bond acceptors (Lipinski definition) is 6. The molecular weight excluding hydrogens is 268 g/mol. The largest absolute Gasteiger partial charge is 0.479 e. The van der Waals surface area contributed by atoms with Crippen molar-refractivity contribution in [3.63, 3.8) is 0 Å². The number of anilines is 2. The van der Waals surface area contributed by atoms with E-state index in [-0.39, 0.29) is 11.9 Å². The van der Waals surface area contributed by atoms with Crippen molar-refractivity contribution in [2.75, 3.05) is 24.9 Å². The summed E-state index contributed by atoms with van der Waals surface area (Å²) < 4.78 is 9.93. The third kappa shape index (κ3) is 3.32. The topological polar surface area (TPSA) is 85.4 Å². The molecule has 0 fully saturated rings. The summed E-state index contributed by atoms with van der Waals surface area (Å²) >= 11 is 1.42. The predicted molar refractivity (Wildman–Crippen MR) is 72.1 cm³/mol. The number of carbonyl (C=O) groups is 1. The van der Waals surface area contributed by atoms with Crippen LogP contribution in [0.1, 0.15) is 0 Å². The Morgan fingerprint density at radius 2 is 2.16 bits per heavy atom. The number of hydrogen-bond donors (Lipinski definition) is 2. The van der Waals surface area contributed by atoms with Crippen molar-refractivity contribution >= 4 is 28.1 Å². The molecule has 0 aliphatic heterocycles. The first-order valence-electron chi connectivity index (χ1n) is 5.29. The number of nitrogens with one attached hydrogen (secondary N) is 2. The minimum Gasteiger partial charge on any atom is -0.479 e. The SMILES string of the molecule is COc1ncc(NC(=O)Nc2cccs2)c(OC)n1. The number of methoxy groups -OCH3 is 2. The summed E-state index contributed by atoms with van der Waals surface area (Å²) in [6.45, 7) is 0. The molecule has 2 aromatic heterocycles. The predicted octanol–water partition coefficient (Wildman–Crippen LogP) is 2.20. The first kappa shape index (κ1) is 13.1. The van der Waals surface area contributed by atoms with Crippen molar-refractivity contribution in [3.8, 4) is 11.9 Å². The highest BCUT2D eigenvalue weighted by molar-refractivity contribution is 7.14. The van der Waals surface area contributed by atoms with Crippen LogP contribution in [0.5, 0.6) is 11.9 Å². The first-order chi connectivity index (χ1) is 9.22. The highest BCUT2D eigenvalue weighted by Crippen LogP contribution is 2.23. The van der Waals surface area contributed by atoms with Crippen molar-refractivity contribution in [3.05, 3.63) is 23.7 Å². The quantitative estimate of drug-likeness (QED) is 0.896. The molecule has 0 atom stereocenters. The van der Waals surface area contributed by atoms with Crippen LogP contribution < -0.4 is 20.1 Å². The molecule has 0 aliphatic rings. The Kier molecular flexibility index (Phi) is 4.14. The van der Waals surface area contributed by atoms with Gasteiger partial charge in [-0.1, -0.05) is 0 Å². The molecule has 19 heavy (non-hydrogen) atoms. The average Bonchev–Trinajstić information content (AvgIpc) is 2.91. The van der Waals surface area contributed by atoms with E-state index in [1.54, 1.807) is 6.07 Å². The molecule has 100 valence electrons. The van der Waals surface area contributed by atoms with Crippen molar-refractivity contribution in [2.24, 2.45) is 0 Å². The van der Waals surface area contributed by atoms with Gasteiger partial charge in [-0.3, -0.25) is 5.32 Å². The molecule has 0 aliphatic carbocycles. The van der Waals surface area contributed by atoms with Gasteiger partial charge in [0.2, 0.25) is 5.88 Å². The Bertz CT molecular complexity index is 559. The molecule has 0 bridgehead atoms. The number of nitrogens with zero attached hydrogens (tertiary/aromatic N) is 2. The zero-order valence-corrected chi connectivity index (χ0v) is 11.2. The standard InChI is InChI=1S/C11H12N4O3S/c1-17-9-7(6-12-11(15-9)18-2)13-10(16)14-8-4-3-5-19-8/h3-6H,1-2H3,(H2,13,14,16). The van der Waals surface area contributed by atoms with Crippen LogP contribution in [0.15, 0.2) is 23.7 Å². The minimum atomic E-state index is -0.394. The zero-order chi connectivity index (χ0) is 13.7. The second-order valence-electron chi connectivity index (χ2n) is 3.34. The van der Waals surface area contributed by atoms with Crippen LogP contribution in [-0.4, -0.2) is 30.2 Å². The molecule has 0 unspecified atom stereocenters. The van der Waals surface area contributed by atoms with Crippen LogP contribution in [-0.2, 0) is 0 Å². The number of aromatic nitrogens is 2. The maximum Gasteiger partial charge on any atom is 0.324 e. The van der Waals surface area contributed by atoms with Gasteiger partial charge < -0.3 is 14.8 Å². The fourth-order valence-corrected chi connectivity index (χ4v) is 1.92. The Hall–Kier alpha value is -2.35. The number of amides is 2. The van der Waals surface area contributed by atoms with Crippen molar-refractivity contribution in [2.45, 2.75) is 0 Å². The van der Waals surface area contributed by atoms with Gasteiger partial charge in [0, 0.05) is 0 Å². The fraction of sp³-hybridized carbons (Fsp3) is 0.182. The second-order valence-corrected chi connectivity index (χ2v) is 4.28. The maximum atomic E-state index is 11.7. The van der Waals surface area contributed by atoms with Crippen molar-refractivity contribution in [1.29, 1.82) is 0 Å². The van der Waals surface area contributed by atoms with E-state index in [0.29, 0.717) is 5.69 Å². The summed E-state index contributed by atoms with van der Waals surface area (Å²) in [6.07, 6.45) is 1.42. The van der Waals surface area contributed by atoms with Gasteiger partial charge in [-0.25, -0.2) is 9.78 Å². The Balaban J connectivity index is 2.07. The molecule has 2 amide bonds. The monoisotopic (exact) mass is 280 g/mol. The summed E-state index contributed by atoms with van der Waals surface area (Å²) in [5, 5.41) is 7.89. The third-order valence-electron chi connectivity index (χ3n) is 2.11. The van der Waals surface area contributed by atoms with Gasteiger partial charge >= 0.3 is 12.0 Å². The van der Waals surface area contributed by atoms with Crippen molar-refractivity contribution in [1.82, 2.24) is 9.97 Å². The molecule has 2 heterocycles. The minimum absolute atomic E-state index is 0.168. The Morgan fingerprint density at radius 1 is 1.32 bits per heavy atom. The second kappa shape index (κ2) is 6.01. The fourth-order valence-electron chi connectivity index (χ4n) is 1.31. The van der Waals surface area contributed by atoms with E-state index in [2.05, 4.69) is 20.6 Å². The number of urea groups is 1. The van der Waals surface area contributed by atoms with Gasteiger partial charge in [-0.15, -0.1) is 11.3 Å². The zero-order valence-electron chi connectivity index (χ0n) is 10.3. The molecule has 0 saturated heterocycles. The molecule has 7 nitrogen and oxygen atoms in total. The summed E-state index contributed by atoms with van der Waals surface area (Å²) in [5.41, 5.74) is 0.359. The van der Waals surface area contributed by atoms with Gasteiger partial charge in [-0.05, 0) is 17.5 Å². The number of rotatable bonds is 4. The molecule has 0 radical (unpaired) electrons. The van der Waals surface area contributed by atoms with Crippen LogP contribution in [0.2, 0.25) is 0 Å². The molecule has 0 spiro atoms. The lowest BCUT2D eigenvalue weighted by molar-refractivity contribution is 0.262. The maximum absolute atomic E-state index is 11.7. The van der Waals surface area contributed by atoms with Gasteiger partial charge in [0.25, 0.3) is 0 Å². The molecule has 0 saturated carbocycles. The van der Waals surface area contributed by atoms with E-state index < -0.39 is 6.03 Å². The lowest BCUT2D eigenvalue weighted by Gasteiger charge is -2.09. The average molecular weight is 280 g/mol. The molecule has 2 rings (SSSR count). The highest BCUT2D eigenvalue weighted by atomic mass is 32.1. The highest BCUT2D eigenvalue weighted by Gasteiger charge is 2.11. The number of carbonyl (C=O) groups excluding carboxylic acids is 1. The lowest BCUT2D eigenvalue weighted by atomic mass is 10.5. The molecule has 8 heteroatoms. The van der Waals surface area contributed by atoms with E-state index in [4.69, 9.17) is 9.47 Å². The van der Waals surface area contributed by atoms with E-state index in [1.807, 2.05) is 11.4 Å². The van der Waals surface area contributed by atoms with Crippen LogP contribution in [0.4, 0.5) is 15.5 Å². The molecule has 2 N–H and O–H groups in total. The summed E-state index contributed by atoms with van der Waals surface area (Å²) in [6, 6.07) is 3.42. The molecule has 0 aromatic carbocycles. The van der Waals surface area contributed by atoms with Crippen LogP contribution in [0, 0.1) is 0 Å². The number of thiophene rings is 1. The third-order valence-corrected chi connectivity index (χ3v) is 2.90. The van der Waals surface area contributed by atoms with Crippen molar-refractivity contribution < 1.29 is 14.3 Å². The number of ether oxygens (including phenoxy) is 2. The smallest absolute Gasteiger partial charge is 0.324 e. The summed E-state index contributed by atoms with van der Waals surface area (Å²) in [5.74, 6) is 0.230. The van der Waals surface area contributed by atoms with E-state index >= 15 is 0 Å². The van der Waals surface area contributed by atoms with Crippen LogP contribution in [0.3, 0.4) is 0 Å². The Labute approximate surface area is 113 Å². The van der Waals surface area contributed by atoms with E-state index in [0.717, 1.165) is 5.00 Å². The molecule has 2 aromatic rings. The van der Waals surface area contributed by atoms with Gasteiger partial charge in [-0.2, -0.15) is 4.98 Å². The van der Waals surface area contributed by atoms with E-state index in [1.165, 1.54) is 31.8 Å². The normalized spacial score (nSPS) is 9.79.